The molecule has 4 nitrogen and oxygen atoms in total. The van der Waals surface area contributed by atoms with Gasteiger partial charge in [-0.15, -0.1) is 0 Å². The van der Waals surface area contributed by atoms with Crippen LogP contribution >= 0.6 is 0 Å². The maximum Gasteiger partial charge on any atom is 0.152 e. The van der Waals surface area contributed by atoms with Crippen LogP contribution in [-0.2, 0) is 0 Å². The number of nitrogens with one attached hydrogen (secondary N) is 1. The topological polar surface area (TPSA) is 55.0 Å². The molecule has 2 heterocycles. The van der Waals surface area contributed by atoms with Gasteiger partial charge in [0.1, 0.15) is 18.0 Å². The normalized spacial score (nSPS) is 11.2. The first-order valence-electron chi connectivity index (χ1n) is 6.05. The summed E-state index contributed by atoms with van der Waals surface area (Å²) in [5, 5.41) is 0.792. The van der Waals surface area contributed by atoms with Crippen molar-refractivity contribution in [1.29, 1.82) is 0 Å². The van der Waals surface area contributed by atoms with E-state index in [1.54, 1.807) is 12.4 Å². The largest absolute Gasteiger partial charge is 0.488 e. The van der Waals surface area contributed by atoms with Crippen LogP contribution in [0.5, 0.6) is 5.75 Å². The van der Waals surface area contributed by atoms with Gasteiger partial charge in [-0.05, 0) is 12.5 Å². The van der Waals surface area contributed by atoms with E-state index in [9.17, 15) is 4.79 Å². The molecule has 4 heteroatoms. The Morgan fingerprint density at radius 2 is 2.33 bits per heavy atom. The van der Waals surface area contributed by atoms with Gasteiger partial charge in [-0.1, -0.05) is 25.5 Å². The van der Waals surface area contributed by atoms with Crippen molar-refractivity contribution in [3.8, 4) is 5.75 Å². The number of aromatic nitrogens is 2. The number of H-pyrrole nitrogens is 1. The molecule has 0 atom stereocenters. The van der Waals surface area contributed by atoms with Crippen LogP contribution in [0.2, 0.25) is 0 Å². The zero-order chi connectivity index (χ0) is 12.8. The molecule has 0 spiro atoms. The van der Waals surface area contributed by atoms with E-state index in [0.717, 1.165) is 24.5 Å². The van der Waals surface area contributed by atoms with Gasteiger partial charge in [-0.2, -0.15) is 0 Å². The predicted molar refractivity (Wildman–Crippen MR) is 71.0 cm³/mol. The van der Waals surface area contributed by atoms with Crippen molar-refractivity contribution in [2.45, 2.75) is 19.8 Å². The molecular formula is C14H16N2O2. The molecule has 2 aromatic heterocycles. The summed E-state index contributed by atoms with van der Waals surface area (Å²) in [6, 6.07) is 1.83. The first-order valence-corrected chi connectivity index (χ1v) is 6.05. The van der Waals surface area contributed by atoms with Crippen molar-refractivity contribution >= 4 is 17.3 Å². The molecular weight excluding hydrogens is 228 g/mol. The number of fused-ring (bicyclic) bond motifs is 1. The molecule has 0 aliphatic carbocycles. The predicted octanol–water partition coefficient (Wildman–Crippen LogP) is 3.11. The molecule has 18 heavy (non-hydrogen) atoms. The average molecular weight is 244 g/mol. The van der Waals surface area contributed by atoms with Crippen molar-refractivity contribution in [2.75, 3.05) is 6.61 Å². The minimum atomic E-state index is 0.522. The number of carbonyl (C=O) groups excluding carboxylic acids is 1. The van der Waals surface area contributed by atoms with E-state index in [1.807, 2.05) is 12.1 Å². The van der Waals surface area contributed by atoms with Crippen molar-refractivity contribution < 1.29 is 9.53 Å². The second kappa shape index (κ2) is 6.00. The van der Waals surface area contributed by atoms with E-state index in [0.29, 0.717) is 23.6 Å². The number of hydrogen-bond acceptors (Lipinski definition) is 3. The number of pyridine rings is 1. The summed E-state index contributed by atoms with van der Waals surface area (Å²) in [4.78, 5) is 18.0. The molecule has 94 valence electrons. The fourth-order valence-corrected chi connectivity index (χ4v) is 1.68. The first kappa shape index (κ1) is 12.4. The SMILES string of the molecule is CCC/C=C\COc1cnc2[nH]cc(C=O)c2c1. The molecule has 0 fully saturated rings. The second-order valence-electron chi connectivity index (χ2n) is 4.00. The van der Waals surface area contributed by atoms with Crippen LogP contribution in [0, 0.1) is 0 Å². The van der Waals surface area contributed by atoms with Gasteiger partial charge in [-0.3, -0.25) is 4.79 Å². The van der Waals surface area contributed by atoms with E-state index >= 15 is 0 Å². The lowest BCUT2D eigenvalue weighted by Crippen LogP contribution is -1.94. The standard InChI is InChI=1S/C14H16N2O2/c1-2-3-4-5-6-18-12-7-13-11(10-17)8-15-14(13)16-9-12/h4-5,7-10H,2-3,6H2,1H3,(H,15,16)/b5-4-. The van der Waals surface area contributed by atoms with Crippen LogP contribution in [0.25, 0.3) is 11.0 Å². The van der Waals surface area contributed by atoms with Crippen molar-refractivity contribution in [3.63, 3.8) is 0 Å². The van der Waals surface area contributed by atoms with Crippen LogP contribution in [0.4, 0.5) is 0 Å². The van der Waals surface area contributed by atoms with Gasteiger partial charge in [0.15, 0.2) is 6.29 Å². The molecule has 0 aromatic carbocycles. The Morgan fingerprint density at radius 1 is 1.44 bits per heavy atom. The summed E-state index contributed by atoms with van der Waals surface area (Å²) in [5.74, 6) is 0.673. The average Bonchev–Trinajstić information content (AvgIpc) is 2.81. The van der Waals surface area contributed by atoms with E-state index in [4.69, 9.17) is 4.74 Å². The Bertz CT molecular complexity index is 558. The monoisotopic (exact) mass is 244 g/mol. The van der Waals surface area contributed by atoms with Crippen LogP contribution < -0.4 is 4.74 Å². The van der Waals surface area contributed by atoms with Gasteiger partial charge in [0, 0.05) is 17.1 Å². The van der Waals surface area contributed by atoms with Gasteiger partial charge in [0.2, 0.25) is 0 Å². The van der Waals surface area contributed by atoms with Gasteiger partial charge >= 0.3 is 0 Å². The molecule has 0 bridgehead atoms. The Morgan fingerprint density at radius 3 is 3.11 bits per heavy atom. The molecule has 0 aliphatic rings. The number of carbonyl (C=O) groups is 1. The third-order valence-corrected chi connectivity index (χ3v) is 2.63. The van der Waals surface area contributed by atoms with E-state index < -0.39 is 0 Å². The molecule has 0 aliphatic heterocycles. The number of rotatable bonds is 6. The Hall–Kier alpha value is -2.10. The van der Waals surface area contributed by atoms with Gasteiger partial charge in [0.25, 0.3) is 0 Å². The number of unbranched alkanes of at least 4 members (excludes halogenated alkanes) is 1. The highest BCUT2D eigenvalue weighted by Crippen LogP contribution is 2.20. The summed E-state index contributed by atoms with van der Waals surface area (Å²) < 4.78 is 5.55. The highest BCUT2D eigenvalue weighted by atomic mass is 16.5. The van der Waals surface area contributed by atoms with Gasteiger partial charge in [-0.25, -0.2) is 4.98 Å². The molecule has 0 amide bonds. The Labute approximate surface area is 106 Å². The summed E-state index contributed by atoms with van der Waals surface area (Å²) in [6.07, 6.45) is 10.4. The Balaban J connectivity index is 2.07. The van der Waals surface area contributed by atoms with Crippen LogP contribution in [-0.4, -0.2) is 22.9 Å². The lowest BCUT2D eigenvalue weighted by molar-refractivity contribution is 0.112. The first-order chi connectivity index (χ1) is 8.85. The summed E-state index contributed by atoms with van der Waals surface area (Å²) >= 11 is 0. The smallest absolute Gasteiger partial charge is 0.152 e. The minimum Gasteiger partial charge on any atom is -0.488 e. The van der Waals surface area contributed by atoms with E-state index in [1.165, 1.54) is 0 Å². The van der Waals surface area contributed by atoms with Crippen molar-refractivity contribution in [2.24, 2.45) is 0 Å². The number of nitrogens with zero attached hydrogens (tertiary/aromatic N) is 1. The number of allylic oxidation sites excluding steroid dienone is 1. The lowest BCUT2D eigenvalue weighted by atomic mass is 10.2. The zero-order valence-electron chi connectivity index (χ0n) is 10.3. The van der Waals surface area contributed by atoms with Gasteiger partial charge in [0.05, 0.1) is 6.20 Å². The molecule has 0 radical (unpaired) electrons. The highest BCUT2D eigenvalue weighted by molar-refractivity contribution is 5.96. The third-order valence-electron chi connectivity index (χ3n) is 2.63. The van der Waals surface area contributed by atoms with E-state index in [-0.39, 0.29) is 0 Å². The molecule has 1 N–H and O–H groups in total. The molecule has 2 rings (SSSR count). The second-order valence-corrected chi connectivity index (χ2v) is 4.00. The number of ether oxygens (including phenoxy) is 1. The van der Waals surface area contributed by atoms with Gasteiger partial charge < -0.3 is 9.72 Å². The fraction of sp³-hybridized carbons (Fsp3) is 0.286. The van der Waals surface area contributed by atoms with Crippen molar-refractivity contribution in [3.05, 3.63) is 36.2 Å². The number of hydrogen-bond donors (Lipinski definition) is 1. The van der Waals surface area contributed by atoms with E-state index in [2.05, 4.69) is 23.0 Å². The maximum absolute atomic E-state index is 10.8. The number of aromatic amines is 1. The highest BCUT2D eigenvalue weighted by Gasteiger charge is 2.05. The summed E-state index contributed by atoms with van der Waals surface area (Å²) in [7, 11) is 0. The van der Waals surface area contributed by atoms with Crippen LogP contribution in [0.15, 0.2) is 30.6 Å². The van der Waals surface area contributed by atoms with Crippen LogP contribution in [0.1, 0.15) is 30.1 Å². The zero-order valence-corrected chi connectivity index (χ0v) is 10.3. The fourth-order valence-electron chi connectivity index (χ4n) is 1.68. The molecule has 0 unspecified atom stereocenters. The third kappa shape index (κ3) is 2.77. The summed E-state index contributed by atoms with van der Waals surface area (Å²) in [5.41, 5.74) is 1.30. The molecule has 0 saturated heterocycles. The summed E-state index contributed by atoms with van der Waals surface area (Å²) in [6.45, 7) is 2.66. The number of aldehydes is 1. The van der Waals surface area contributed by atoms with Crippen LogP contribution in [0.3, 0.4) is 0 Å². The molecule has 0 saturated carbocycles. The molecule has 2 aromatic rings. The maximum atomic E-state index is 10.8. The van der Waals surface area contributed by atoms with Crippen molar-refractivity contribution in [1.82, 2.24) is 9.97 Å². The Kier molecular flexibility index (Phi) is 4.12. The lowest BCUT2D eigenvalue weighted by Gasteiger charge is -2.02. The minimum absolute atomic E-state index is 0.522. The quantitative estimate of drug-likeness (QED) is 0.627.